The van der Waals surface area contributed by atoms with Crippen LogP contribution in [0.1, 0.15) is 5.69 Å². The van der Waals surface area contributed by atoms with E-state index in [4.69, 9.17) is 4.74 Å². The minimum absolute atomic E-state index is 0.296. The number of imidazole rings is 1. The molecule has 0 amide bonds. The Labute approximate surface area is 140 Å². The summed E-state index contributed by atoms with van der Waals surface area (Å²) >= 11 is 0. The van der Waals surface area contributed by atoms with Crippen molar-refractivity contribution in [3.8, 4) is 5.75 Å². The predicted octanol–water partition coefficient (Wildman–Crippen LogP) is 1.78. The average Bonchev–Trinajstić information content (AvgIpc) is 2.99. The van der Waals surface area contributed by atoms with Crippen LogP contribution in [0.3, 0.4) is 0 Å². The summed E-state index contributed by atoms with van der Waals surface area (Å²) in [6, 6.07) is 5.62. The van der Waals surface area contributed by atoms with Crippen LogP contribution in [-0.4, -0.2) is 37.7 Å². The van der Waals surface area contributed by atoms with E-state index in [9.17, 15) is 0 Å². The molecule has 0 fully saturated rings. The predicted molar refractivity (Wildman–Crippen MR) is 88.5 cm³/mol. The van der Waals surface area contributed by atoms with Crippen molar-refractivity contribution in [2.75, 3.05) is 18.1 Å². The van der Waals surface area contributed by atoms with Crippen LogP contribution in [0.25, 0.3) is 0 Å². The van der Waals surface area contributed by atoms with Crippen molar-refractivity contribution < 1.29 is 4.74 Å². The third kappa shape index (κ3) is 3.19. The third-order valence-corrected chi connectivity index (χ3v) is 4.04. The lowest BCUT2D eigenvalue weighted by molar-refractivity contribution is 0.236. The number of hydrogen-bond donors (Lipinski definition) is 0. The Hall–Kier alpha value is -2.96. The minimum Gasteiger partial charge on any atom is -0.492 e. The van der Waals surface area contributed by atoms with E-state index in [1.807, 2.05) is 30.7 Å². The van der Waals surface area contributed by atoms with Crippen LogP contribution < -0.4 is 9.64 Å². The molecule has 1 aliphatic rings. The van der Waals surface area contributed by atoms with Gasteiger partial charge in [-0.25, -0.2) is 15.0 Å². The molecule has 0 radical (unpaired) electrons. The minimum atomic E-state index is 0.296. The summed E-state index contributed by atoms with van der Waals surface area (Å²) in [5.74, 6) is 1.82. The van der Waals surface area contributed by atoms with Gasteiger partial charge in [-0.3, -0.25) is 4.98 Å². The van der Waals surface area contributed by atoms with Gasteiger partial charge in [0.1, 0.15) is 5.75 Å². The molecular formula is C17H18N6O. The monoisotopic (exact) mass is 322 g/mol. The largest absolute Gasteiger partial charge is 0.492 e. The molecular weight excluding hydrogens is 304 g/mol. The van der Waals surface area contributed by atoms with E-state index in [-0.39, 0.29) is 0 Å². The van der Waals surface area contributed by atoms with Gasteiger partial charge in [-0.15, -0.1) is 0 Å². The zero-order chi connectivity index (χ0) is 16.2. The summed E-state index contributed by atoms with van der Waals surface area (Å²) in [7, 11) is 0. The lowest BCUT2D eigenvalue weighted by atomic mass is 10.1. The highest BCUT2D eigenvalue weighted by Crippen LogP contribution is 2.20. The van der Waals surface area contributed by atoms with Gasteiger partial charge in [0, 0.05) is 43.8 Å². The van der Waals surface area contributed by atoms with E-state index in [1.165, 1.54) is 0 Å². The van der Waals surface area contributed by atoms with Gasteiger partial charge in [0.25, 0.3) is 0 Å². The Bertz CT molecular complexity index is 776. The van der Waals surface area contributed by atoms with Crippen molar-refractivity contribution in [2.45, 2.75) is 13.1 Å². The Kier molecular flexibility index (Phi) is 4.05. The summed E-state index contributed by atoms with van der Waals surface area (Å²) < 4.78 is 8.09. The Morgan fingerprint density at radius 3 is 2.79 bits per heavy atom. The van der Waals surface area contributed by atoms with E-state index in [0.29, 0.717) is 12.5 Å². The molecule has 0 saturated carbocycles. The number of anilines is 1. The number of rotatable bonds is 4. The first kappa shape index (κ1) is 14.6. The summed E-state index contributed by atoms with van der Waals surface area (Å²) in [5.41, 5.74) is 1.16. The van der Waals surface area contributed by atoms with Crippen molar-refractivity contribution in [2.24, 2.45) is 5.92 Å². The number of pyridine rings is 1. The first-order chi connectivity index (χ1) is 11.9. The van der Waals surface area contributed by atoms with Crippen LogP contribution in [0.2, 0.25) is 0 Å². The van der Waals surface area contributed by atoms with E-state index >= 15 is 0 Å². The Morgan fingerprint density at radius 1 is 1.04 bits per heavy atom. The van der Waals surface area contributed by atoms with E-state index in [1.54, 1.807) is 24.8 Å². The quantitative estimate of drug-likeness (QED) is 0.729. The van der Waals surface area contributed by atoms with E-state index < -0.39 is 0 Å². The lowest BCUT2D eigenvalue weighted by Gasteiger charge is -2.24. The molecule has 7 heteroatoms. The molecule has 4 rings (SSSR count). The van der Waals surface area contributed by atoms with Crippen LogP contribution in [-0.2, 0) is 13.1 Å². The van der Waals surface area contributed by atoms with Crippen LogP contribution >= 0.6 is 0 Å². The normalized spacial score (nSPS) is 17.2. The van der Waals surface area contributed by atoms with Crippen molar-refractivity contribution in [3.63, 3.8) is 0 Å². The smallest absolute Gasteiger partial charge is 0.225 e. The summed E-state index contributed by atoms with van der Waals surface area (Å²) in [6.07, 6.45) is 10.8. The second-order valence-corrected chi connectivity index (χ2v) is 5.83. The molecule has 0 aliphatic carbocycles. The van der Waals surface area contributed by atoms with E-state index in [2.05, 4.69) is 29.4 Å². The van der Waals surface area contributed by atoms with Crippen LogP contribution in [0.4, 0.5) is 5.95 Å². The topological polar surface area (TPSA) is 69.0 Å². The van der Waals surface area contributed by atoms with Crippen LogP contribution in [0, 0.1) is 5.92 Å². The first-order valence-electron chi connectivity index (χ1n) is 7.92. The highest BCUT2D eigenvalue weighted by atomic mass is 16.5. The van der Waals surface area contributed by atoms with Gasteiger partial charge >= 0.3 is 0 Å². The fraction of sp³-hybridized carbons (Fsp3) is 0.294. The number of ether oxygens (including phenoxy) is 1. The SMILES string of the molecule is c1cnc(N2Cc3cncn3CC(COc3cccnc3)C2)nc1. The molecule has 0 saturated heterocycles. The number of fused-ring (bicyclic) bond motifs is 1. The maximum atomic E-state index is 5.91. The van der Waals surface area contributed by atoms with Crippen molar-refractivity contribution in [1.82, 2.24) is 24.5 Å². The van der Waals surface area contributed by atoms with Crippen molar-refractivity contribution in [1.29, 1.82) is 0 Å². The van der Waals surface area contributed by atoms with E-state index in [0.717, 1.165) is 37.0 Å². The zero-order valence-corrected chi connectivity index (χ0v) is 13.2. The third-order valence-electron chi connectivity index (χ3n) is 4.04. The van der Waals surface area contributed by atoms with Gasteiger partial charge in [0.15, 0.2) is 0 Å². The average molecular weight is 322 g/mol. The Balaban J connectivity index is 1.53. The van der Waals surface area contributed by atoms with Gasteiger partial charge in [-0.2, -0.15) is 0 Å². The summed E-state index contributed by atoms with van der Waals surface area (Å²) in [4.78, 5) is 19.3. The second-order valence-electron chi connectivity index (χ2n) is 5.83. The molecule has 3 aromatic heterocycles. The maximum Gasteiger partial charge on any atom is 0.225 e. The molecule has 0 N–H and O–H groups in total. The first-order valence-corrected chi connectivity index (χ1v) is 7.92. The molecule has 0 bridgehead atoms. The Morgan fingerprint density at radius 2 is 1.96 bits per heavy atom. The molecule has 0 spiro atoms. The van der Waals surface area contributed by atoms with Gasteiger partial charge in [-0.05, 0) is 18.2 Å². The standard InChI is InChI=1S/C17H18N6O/c1-3-16(8-18-4-1)24-12-14-9-22(17-20-5-2-6-21-17)11-15-7-19-13-23(15)10-14/h1-8,13-14H,9-12H2. The molecule has 1 unspecified atom stereocenters. The number of hydrogen-bond acceptors (Lipinski definition) is 6. The van der Waals surface area contributed by atoms with Gasteiger partial charge in [-0.1, -0.05) is 0 Å². The number of nitrogens with zero attached hydrogens (tertiary/aromatic N) is 6. The maximum absolute atomic E-state index is 5.91. The van der Waals surface area contributed by atoms with Gasteiger partial charge in [0.05, 0.1) is 31.4 Å². The molecule has 122 valence electrons. The van der Waals surface area contributed by atoms with Crippen molar-refractivity contribution in [3.05, 3.63) is 61.2 Å². The molecule has 1 atom stereocenters. The summed E-state index contributed by atoms with van der Waals surface area (Å²) in [5, 5.41) is 0. The zero-order valence-electron chi connectivity index (χ0n) is 13.2. The summed E-state index contributed by atoms with van der Waals surface area (Å²) in [6.45, 7) is 3.03. The molecule has 4 heterocycles. The highest BCUT2D eigenvalue weighted by molar-refractivity contribution is 5.30. The van der Waals surface area contributed by atoms with Crippen LogP contribution in [0.5, 0.6) is 5.75 Å². The fourth-order valence-electron chi connectivity index (χ4n) is 2.91. The molecule has 24 heavy (non-hydrogen) atoms. The lowest BCUT2D eigenvalue weighted by Crippen LogP contribution is -2.32. The molecule has 1 aliphatic heterocycles. The number of aromatic nitrogens is 5. The van der Waals surface area contributed by atoms with Gasteiger partial charge < -0.3 is 14.2 Å². The highest BCUT2D eigenvalue weighted by Gasteiger charge is 2.24. The van der Waals surface area contributed by atoms with Crippen LogP contribution in [0.15, 0.2) is 55.5 Å². The molecule has 3 aromatic rings. The fourth-order valence-corrected chi connectivity index (χ4v) is 2.91. The molecule has 0 aromatic carbocycles. The van der Waals surface area contributed by atoms with Gasteiger partial charge in [0.2, 0.25) is 5.95 Å². The van der Waals surface area contributed by atoms with Crippen molar-refractivity contribution >= 4 is 5.95 Å². The molecule has 7 nitrogen and oxygen atoms in total. The second kappa shape index (κ2) is 6.66.